The number of nitrogens with zero attached hydrogens (tertiary/aromatic N) is 3. The van der Waals surface area contributed by atoms with Gasteiger partial charge in [-0.05, 0) is 17.7 Å². The number of nitriles is 1. The van der Waals surface area contributed by atoms with Gasteiger partial charge in [0.1, 0.15) is 0 Å². The Bertz CT molecular complexity index is 555. The monoisotopic (exact) mass is 242 g/mol. The van der Waals surface area contributed by atoms with Crippen LogP contribution in [-0.4, -0.2) is 16.0 Å². The van der Waals surface area contributed by atoms with Crippen LogP contribution in [-0.2, 0) is 17.8 Å². The first-order valence-electron chi connectivity index (χ1n) is 5.29. The molecule has 1 aromatic carbocycles. The highest BCUT2D eigenvalue weighted by Gasteiger charge is 2.05. The molecule has 0 aliphatic rings. The van der Waals surface area contributed by atoms with Gasteiger partial charge in [-0.1, -0.05) is 17.3 Å². The van der Waals surface area contributed by atoms with E-state index >= 15 is 0 Å². The Morgan fingerprint density at radius 2 is 2.17 bits per heavy atom. The molecule has 0 bridgehead atoms. The van der Waals surface area contributed by atoms with Crippen LogP contribution >= 0.6 is 0 Å². The van der Waals surface area contributed by atoms with Crippen molar-refractivity contribution >= 4 is 5.91 Å². The Balaban J connectivity index is 1.85. The van der Waals surface area contributed by atoms with Gasteiger partial charge < -0.3 is 9.84 Å². The molecule has 1 aromatic heterocycles. The highest BCUT2D eigenvalue weighted by molar-refractivity contribution is 5.78. The average molecular weight is 242 g/mol. The van der Waals surface area contributed by atoms with Gasteiger partial charge >= 0.3 is 0 Å². The van der Waals surface area contributed by atoms with E-state index in [1.807, 2.05) is 6.07 Å². The van der Waals surface area contributed by atoms with E-state index in [2.05, 4.69) is 20.0 Å². The van der Waals surface area contributed by atoms with Crippen LogP contribution in [0.25, 0.3) is 0 Å². The molecule has 1 heterocycles. The van der Waals surface area contributed by atoms with Crippen LogP contribution < -0.4 is 5.32 Å². The third-order valence-electron chi connectivity index (χ3n) is 2.30. The van der Waals surface area contributed by atoms with Gasteiger partial charge in [-0.25, -0.2) is 0 Å². The summed E-state index contributed by atoms with van der Waals surface area (Å²) in [7, 11) is 0. The molecule has 1 N–H and O–H groups in total. The second-order valence-electron chi connectivity index (χ2n) is 3.61. The first-order valence-corrected chi connectivity index (χ1v) is 5.29. The van der Waals surface area contributed by atoms with Crippen molar-refractivity contribution in [2.75, 3.05) is 0 Å². The van der Waals surface area contributed by atoms with Crippen molar-refractivity contribution < 1.29 is 9.32 Å². The largest absolute Gasteiger partial charge is 0.348 e. The Morgan fingerprint density at radius 3 is 2.78 bits per heavy atom. The highest BCUT2D eigenvalue weighted by Crippen LogP contribution is 2.04. The quantitative estimate of drug-likeness (QED) is 0.856. The molecule has 2 aromatic rings. The van der Waals surface area contributed by atoms with Crippen molar-refractivity contribution in [3.63, 3.8) is 0 Å². The summed E-state index contributed by atoms with van der Waals surface area (Å²) in [5.74, 6) is 0.299. The molecule has 0 spiro atoms. The zero-order chi connectivity index (χ0) is 12.8. The standard InChI is InChI=1S/C12H10N4O2/c13-6-10-3-1-9(2-4-10)5-12(17)14-7-11-15-8-18-16-11/h1-4,8H,5,7H2,(H,14,17). The average Bonchev–Trinajstić information content (AvgIpc) is 2.90. The van der Waals surface area contributed by atoms with Gasteiger partial charge in [-0.15, -0.1) is 0 Å². The van der Waals surface area contributed by atoms with Gasteiger partial charge in [-0.2, -0.15) is 10.2 Å². The molecular formula is C12H10N4O2. The van der Waals surface area contributed by atoms with Crippen LogP contribution in [0.4, 0.5) is 0 Å². The molecule has 2 rings (SSSR count). The van der Waals surface area contributed by atoms with E-state index in [9.17, 15) is 4.79 Å². The molecule has 0 saturated carbocycles. The lowest BCUT2D eigenvalue weighted by atomic mass is 10.1. The van der Waals surface area contributed by atoms with Crippen molar-refractivity contribution in [2.24, 2.45) is 0 Å². The van der Waals surface area contributed by atoms with Gasteiger partial charge in [-0.3, -0.25) is 4.79 Å². The summed E-state index contributed by atoms with van der Waals surface area (Å²) in [6, 6.07) is 8.90. The lowest BCUT2D eigenvalue weighted by Crippen LogP contribution is -2.25. The van der Waals surface area contributed by atoms with E-state index in [0.717, 1.165) is 5.56 Å². The number of rotatable bonds is 4. The SMILES string of the molecule is N#Cc1ccc(CC(=O)NCc2ncon2)cc1. The normalized spacial score (nSPS) is 9.72. The summed E-state index contributed by atoms with van der Waals surface area (Å²) in [5.41, 5.74) is 1.42. The number of hydrogen-bond donors (Lipinski definition) is 1. The van der Waals surface area contributed by atoms with Crippen molar-refractivity contribution in [2.45, 2.75) is 13.0 Å². The van der Waals surface area contributed by atoms with E-state index in [1.165, 1.54) is 6.39 Å². The number of aromatic nitrogens is 2. The maximum Gasteiger partial charge on any atom is 0.224 e. The number of carbonyl (C=O) groups is 1. The van der Waals surface area contributed by atoms with Crippen LogP contribution in [0.1, 0.15) is 17.0 Å². The second kappa shape index (κ2) is 5.59. The summed E-state index contributed by atoms with van der Waals surface area (Å²) >= 11 is 0. The molecule has 0 radical (unpaired) electrons. The summed E-state index contributed by atoms with van der Waals surface area (Å²) in [4.78, 5) is 15.4. The first kappa shape index (κ1) is 11.8. The molecule has 0 aliphatic carbocycles. The third-order valence-corrected chi connectivity index (χ3v) is 2.30. The third kappa shape index (κ3) is 3.15. The van der Waals surface area contributed by atoms with Crippen molar-refractivity contribution in [1.29, 1.82) is 5.26 Å². The Morgan fingerprint density at radius 1 is 1.39 bits per heavy atom. The fourth-order valence-electron chi connectivity index (χ4n) is 1.39. The zero-order valence-corrected chi connectivity index (χ0v) is 9.46. The molecule has 0 atom stereocenters. The van der Waals surface area contributed by atoms with E-state index in [1.54, 1.807) is 24.3 Å². The Hall–Kier alpha value is -2.68. The van der Waals surface area contributed by atoms with Crippen LogP contribution in [0, 0.1) is 11.3 Å². The number of nitrogens with one attached hydrogen (secondary N) is 1. The molecule has 0 fully saturated rings. The molecule has 1 amide bonds. The van der Waals surface area contributed by atoms with E-state index in [4.69, 9.17) is 5.26 Å². The van der Waals surface area contributed by atoms with Gasteiger partial charge in [0.25, 0.3) is 0 Å². The first-order chi connectivity index (χ1) is 8.78. The number of benzene rings is 1. The molecule has 6 nitrogen and oxygen atoms in total. The summed E-state index contributed by atoms with van der Waals surface area (Å²) < 4.78 is 4.55. The minimum absolute atomic E-state index is 0.135. The molecule has 6 heteroatoms. The van der Waals surface area contributed by atoms with Gasteiger partial charge in [0.15, 0.2) is 5.82 Å². The summed E-state index contributed by atoms with van der Waals surface area (Å²) in [6.45, 7) is 0.242. The van der Waals surface area contributed by atoms with Crippen molar-refractivity contribution in [3.8, 4) is 6.07 Å². The Kier molecular flexibility index (Phi) is 3.66. The lowest BCUT2D eigenvalue weighted by molar-refractivity contribution is -0.120. The maximum absolute atomic E-state index is 11.6. The zero-order valence-electron chi connectivity index (χ0n) is 9.46. The number of amides is 1. The minimum atomic E-state index is -0.135. The number of carbonyl (C=O) groups excluding carboxylic acids is 1. The van der Waals surface area contributed by atoms with Crippen LogP contribution in [0.5, 0.6) is 0 Å². The van der Waals surface area contributed by atoms with Gasteiger partial charge in [0.2, 0.25) is 12.3 Å². The molecule has 0 aliphatic heterocycles. The lowest BCUT2D eigenvalue weighted by Gasteiger charge is -2.02. The van der Waals surface area contributed by atoms with Crippen LogP contribution in [0.15, 0.2) is 35.2 Å². The smallest absolute Gasteiger partial charge is 0.224 e. The fourth-order valence-corrected chi connectivity index (χ4v) is 1.39. The van der Waals surface area contributed by atoms with Crippen molar-refractivity contribution in [1.82, 2.24) is 15.5 Å². The predicted octanol–water partition coefficient (Wildman–Crippen LogP) is 0.800. The highest BCUT2D eigenvalue weighted by atomic mass is 16.5. The number of hydrogen-bond acceptors (Lipinski definition) is 5. The predicted molar refractivity (Wildman–Crippen MR) is 61.0 cm³/mol. The summed E-state index contributed by atoms with van der Waals surface area (Å²) in [5, 5.41) is 14.9. The van der Waals surface area contributed by atoms with Crippen molar-refractivity contribution in [3.05, 3.63) is 47.6 Å². The maximum atomic E-state index is 11.6. The summed E-state index contributed by atoms with van der Waals surface area (Å²) in [6.07, 6.45) is 1.46. The molecule has 0 unspecified atom stereocenters. The second-order valence-corrected chi connectivity index (χ2v) is 3.61. The van der Waals surface area contributed by atoms with Crippen LogP contribution in [0.2, 0.25) is 0 Å². The van der Waals surface area contributed by atoms with E-state index in [-0.39, 0.29) is 18.9 Å². The van der Waals surface area contributed by atoms with Gasteiger partial charge in [0.05, 0.1) is 24.6 Å². The fraction of sp³-hybridized carbons (Fsp3) is 0.167. The van der Waals surface area contributed by atoms with E-state index < -0.39 is 0 Å². The topological polar surface area (TPSA) is 91.8 Å². The van der Waals surface area contributed by atoms with Gasteiger partial charge in [0, 0.05) is 0 Å². The van der Waals surface area contributed by atoms with Crippen LogP contribution in [0.3, 0.4) is 0 Å². The minimum Gasteiger partial charge on any atom is -0.348 e. The molecule has 18 heavy (non-hydrogen) atoms. The molecule has 90 valence electrons. The molecule has 0 saturated heterocycles. The molecular weight excluding hydrogens is 232 g/mol. The van der Waals surface area contributed by atoms with E-state index in [0.29, 0.717) is 11.4 Å². The Labute approximate surface area is 103 Å².